The fourth-order valence-corrected chi connectivity index (χ4v) is 3.19. The Hall–Kier alpha value is -0.530. The molecule has 0 spiro atoms. The Kier molecular flexibility index (Phi) is 3.34. The van der Waals surface area contributed by atoms with Crippen LogP contribution < -0.4 is 5.32 Å². The van der Waals surface area contributed by atoms with E-state index in [0.29, 0.717) is 12.3 Å². The fraction of sp³-hybridized carbons (Fsp3) is 0.778. The molecule has 1 aliphatic rings. The zero-order valence-electron chi connectivity index (χ0n) is 8.00. The van der Waals surface area contributed by atoms with Crippen molar-refractivity contribution in [3.63, 3.8) is 0 Å². The Morgan fingerprint density at radius 1 is 1.54 bits per heavy atom. The third-order valence-corrected chi connectivity index (χ3v) is 4.74. The van der Waals surface area contributed by atoms with Crippen molar-refractivity contribution in [1.29, 1.82) is 0 Å². The van der Waals surface area contributed by atoms with Gasteiger partial charge < -0.3 is 5.32 Å². The fourth-order valence-electron chi connectivity index (χ4n) is 1.50. The number of nitrogens with one attached hydrogen (secondary N) is 1. The van der Waals surface area contributed by atoms with Crippen molar-refractivity contribution in [3.05, 3.63) is 0 Å². The van der Waals surface area contributed by atoms with E-state index in [1.54, 1.807) is 13.8 Å². The molecule has 0 aromatic carbocycles. The smallest absolute Gasteiger partial charge is 0.154 e. The lowest BCUT2D eigenvalue weighted by atomic mass is 10.2. The molecule has 3 nitrogen and oxygen atoms in total. The van der Waals surface area contributed by atoms with E-state index in [0.717, 1.165) is 6.42 Å². The second kappa shape index (κ2) is 4.12. The van der Waals surface area contributed by atoms with Gasteiger partial charge in [-0.2, -0.15) is 0 Å². The second-order valence-electron chi connectivity index (χ2n) is 3.27. The molecule has 74 valence electrons. The summed E-state index contributed by atoms with van der Waals surface area (Å²) < 4.78 is 22.7. The predicted molar refractivity (Wildman–Crippen MR) is 53.1 cm³/mol. The quantitative estimate of drug-likeness (QED) is 0.648. The van der Waals surface area contributed by atoms with Gasteiger partial charge in [0.1, 0.15) is 0 Å². The van der Waals surface area contributed by atoms with Crippen molar-refractivity contribution in [2.24, 2.45) is 0 Å². The third-order valence-electron chi connectivity index (χ3n) is 2.48. The molecule has 1 fully saturated rings. The third kappa shape index (κ3) is 2.45. The maximum Gasteiger partial charge on any atom is 0.154 e. The van der Waals surface area contributed by atoms with Crippen molar-refractivity contribution in [1.82, 2.24) is 5.32 Å². The molecule has 0 aromatic rings. The van der Waals surface area contributed by atoms with Gasteiger partial charge >= 0.3 is 0 Å². The summed E-state index contributed by atoms with van der Waals surface area (Å²) in [7, 11) is -2.82. The van der Waals surface area contributed by atoms with Crippen LogP contribution in [-0.4, -0.2) is 32.0 Å². The van der Waals surface area contributed by atoms with Gasteiger partial charge in [-0.1, -0.05) is 5.92 Å². The summed E-state index contributed by atoms with van der Waals surface area (Å²) in [5.41, 5.74) is 0. The summed E-state index contributed by atoms with van der Waals surface area (Å²) >= 11 is 0. The first kappa shape index (κ1) is 10.6. The average Bonchev–Trinajstić information content (AvgIpc) is 2.32. The van der Waals surface area contributed by atoms with Crippen molar-refractivity contribution in [3.8, 4) is 11.8 Å². The van der Waals surface area contributed by atoms with E-state index in [4.69, 9.17) is 0 Å². The van der Waals surface area contributed by atoms with Gasteiger partial charge in [0.15, 0.2) is 9.84 Å². The van der Waals surface area contributed by atoms with Gasteiger partial charge in [-0.3, -0.25) is 0 Å². The second-order valence-corrected chi connectivity index (χ2v) is 5.75. The largest absolute Gasteiger partial charge is 0.302 e. The summed E-state index contributed by atoms with van der Waals surface area (Å²) in [6.45, 7) is 4.12. The highest BCUT2D eigenvalue weighted by atomic mass is 32.2. The Morgan fingerprint density at radius 3 is 2.69 bits per heavy atom. The van der Waals surface area contributed by atoms with Crippen molar-refractivity contribution in [2.75, 3.05) is 12.3 Å². The first-order valence-corrected chi connectivity index (χ1v) is 6.14. The first-order chi connectivity index (χ1) is 6.08. The molecule has 1 saturated heterocycles. The molecule has 1 N–H and O–H groups in total. The van der Waals surface area contributed by atoms with Gasteiger partial charge in [0.25, 0.3) is 0 Å². The Balaban J connectivity index is 2.50. The molecule has 0 aromatic heterocycles. The molecule has 0 saturated carbocycles. The minimum atomic E-state index is -2.82. The summed E-state index contributed by atoms with van der Waals surface area (Å²) in [6, 6.07) is 0.0887. The van der Waals surface area contributed by atoms with E-state index in [2.05, 4.69) is 17.2 Å². The van der Waals surface area contributed by atoms with Crippen molar-refractivity contribution < 1.29 is 8.42 Å². The predicted octanol–water partition coefficient (Wildman–Crippen LogP) is 0.175. The molecule has 2 atom stereocenters. The van der Waals surface area contributed by atoms with E-state index in [-0.39, 0.29) is 11.3 Å². The first-order valence-electron chi connectivity index (χ1n) is 4.42. The van der Waals surface area contributed by atoms with Gasteiger partial charge in [-0.25, -0.2) is 8.42 Å². The van der Waals surface area contributed by atoms with Crippen molar-refractivity contribution in [2.45, 2.75) is 31.6 Å². The molecule has 0 bridgehead atoms. The summed E-state index contributed by atoms with van der Waals surface area (Å²) in [4.78, 5) is 0. The topological polar surface area (TPSA) is 46.2 Å². The van der Waals surface area contributed by atoms with Crippen molar-refractivity contribution >= 4 is 9.84 Å². The molecular formula is C9H15NO2S. The van der Waals surface area contributed by atoms with Crippen LogP contribution in [0.25, 0.3) is 0 Å². The normalized spacial score (nSPS) is 30.9. The van der Waals surface area contributed by atoms with Crippen LogP contribution in [0.4, 0.5) is 0 Å². The zero-order valence-corrected chi connectivity index (χ0v) is 8.82. The molecule has 4 heteroatoms. The van der Waals surface area contributed by atoms with Crippen LogP contribution in [0, 0.1) is 11.8 Å². The van der Waals surface area contributed by atoms with Crippen LogP contribution in [0.1, 0.15) is 20.3 Å². The van der Waals surface area contributed by atoms with E-state index in [9.17, 15) is 8.42 Å². The van der Waals surface area contributed by atoms with E-state index < -0.39 is 9.84 Å². The van der Waals surface area contributed by atoms with Crippen LogP contribution in [0.5, 0.6) is 0 Å². The summed E-state index contributed by atoms with van der Waals surface area (Å²) in [5.74, 6) is 5.94. The van der Waals surface area contributed by atoms with Gasteiger partial charge in [0.05, 0.1) is 17.5 Å². The van der Waals surface area contributed by atoms with Crippen LogP contribution in [0.2, 0.25) is 0 Å². The molecule has 0 radical (unpaired) electrons. The van der Waals surface area contributed by atoms with E-state index >= 15 is 0 Å². The summed E-state index contributed by atoms with van der Waals surface area (Å²) in [6.07, 6.45) is 0.717. The highest BCUT2D eigenvalue weighted by Gasteiger charge is 2.35. The van der Waals surface area contributed by atoms with E-state index in [1.807, 2.05) is 0 Å². The lowest BCUT2D eigenvalue weighted by molar-refractivity contribution is 0.533. The minimum Gasteiger partial charge on any atom is -0.302 e. The highest BCUT2D eigenvalue weighted by Crippen LogP contribution is 2.19. The molecule has 1 rings (SSSR count). The van der Waals surface area contributed by atoms with Gasteiger partial charge in [-0.05, 0) is 20.3 Å². The maximum absolute atomic E-state index is 11.3. The van der Waals surface area contributed by atoms with Crippen LogP contribution in [0.3, 0.4) is 0 Å². The molecule has 1 aliphatic heterocycles. The van der Waals surface area contributed by atoms with Gasteiger partial charge in [0.2, 0.25) is 0 Å². The minimum absolute atomic E-state index is 0.0887. The highest BCUT2D eigenvalue weighted by molar-refractivity contribution is 7.92. The van der Waals surface area contributed by atoms with Crippen LogP contribution >= 0.6 is 0 Å². The number of hydrogen-bond donors (Lipinski definition) is 1. The van der Waals surface area contributed by atoms with E-state index in [1.165, 1.54) is 0 Å². The monoisotopic (exact) mass is 201 g/mol. The molecule has 13 heavy (non-hydrogen) atoms. The van der Waals surface area contributed by atoms with Gasteiger partial charge in [-0.15, -0.1) is 5.92 Å². The van der Waals surface area contributed by atoms with Crippen LogP contribution in [-0.2, 0) is 9.84 Å². The standard InChI is InChI=1S/C9H15NO2S/c1-3-4-6-10-9-5-7-13(11,12)8(9)2/h8-10H,5-7H2,1-2H3. The summed E-state index contributed by atoms with van der Waals surface area (Å²) in [5, 5.41) is 2.88. The molecule has 2 unspecified atom stereocenters. The number of hydrogen-bond acceptors (Lipinski definition) is 3. The lowest BCUT2D eigenvalue weighted by Gasteiger charge is -2.13. The average molecular weight is 201 g/mol. The molecule has 0 amide bonds. The zero-order chi connectivity index (χ0) is 9.90. The maximum atomic E-state index is 11.3. The SMILES string of the molecule is CC#CCNC1CCS(=O)(=O)C1C. The Morgan fingerprint density at radius 2 is 2.23 bits per heavy atom. The lowest BCUT2D eigenvalue weighted by Crippen LogP contribution is -2.36. The Labute approximate surface area is 79.8 Å². The molecular weight excluding hydrogens is 186 g/mol. The van der Waals surface area contributed by atoms with Gasteiger partial charge in [0, 0.05) is 6.04 Å². The molecule has 1 heterocycles. The number of sulfone groups is 1. The molecule has 0 aliphatic carbocycles. The number of rotatable bonds is 2. The Bertz CT molecular complexity index is 323. The van der Waals surface area contributed by atoms with Crippen LogP contribution in [0.15, 0.2) is 0 Å².